The molecule has 9 heteroatoms. The van der Waals surface area contributed by atoms with Crippen molar-refractivity contribution in [1.82, 2.24) is 4.98 Å². The van der Waals surface area contributed by atoms with Gasteiger partial charge in [-0.25, -0.2) is 0 Å². The van der Waals surface area contributed by atoms with Crippen LogP contribution in [0.5, 0.6) is 0 Å². The Morgan fingerprint density at radius 1 is 1.55 bits per heavy atom. The van der Waals surface area contributed by atoms with Crippen molar-refractivity contribution in [1.29, 1.82) is 0 Å². The zero-order valence-electron chi connectivity index (χ0n) is 9.77. The molecule has 3 atom stereocenters. The topological polar surface area (TPSA) is 59.4 Å². The number of hydrogen-bond acceptors (Lipinski definition) is 4. The number of aliphatic hydroxyl groups is 1. The Morgan fingerprint density at radius 2 is 2.25 bits per heavy atom. The summed E-state index contributed by atoms with van der Waals surface area (Å²) in [4.78, 5) is 16.0. The Kier molecular flexibility index (Phi) is 5.24. The van der Waals surface area contributed by atoms with Gasteiger partial charge in [-0.05, 0) is 0 Å². The summed E-state index contributed by atoms with van der Waals surface area (Å²) < 4.78 is 44.3. The summed E-state index contributed by atoms with van der Waals surface area (Å²) in [7, 11) is 0. The van der Waals surface area contributed by atoms with Crippen LogP contribution in [0.1, 0.15) is 22.2 Å². The molecule has 0 amide bonds. The molecule has 1 aromatic rings. The summed E-state index contributed by atoms with van der Waals surface area (Å²) in [6.07, 6.45) is -7.33. The molecule has 0 aromatic carbocycles. The first-order chi connectivity index (χ1) is 9.38. The minimum atomic E-state index is -4.87. The van der Waals surface area contributed by atoms with E-state index in [4.69, 9.17) is 3.07 Å². The van der Waals surface area contributed by atoms with Crippen molar-refractivity contribution in [3.8, 4) is 0 Å². The van der Waals surface area contributed by atoms with Crippen LogP contribution in [-0.4, -0.2) is 30.6 Å². The van der Waals surface area contributed by atoms with Crippen molar-refractivity contribution < 1.29 is 47.8 Å². The van der Waals surface area contributed by atoms with Crippen molar-refractivity contribution in [2.24, 2.45) is 5.92 Å². The number of carbonyl (C=O) groups excluding carboxylic acids is 1. The third-order valence-electron chi connectivity index (χ3n) is 2.88. The van der Waals surface area contributed by atoms with Gasteiger partial charge in [-0.2, -0.15) is 0 Å². The number of fused-ring (bicyclic) bond motifs is 1. The molecule has 0 spiro atoms. The van der Waals surface area contributed by atoms with Crippen molar-refractivity contribution in [3.63, 3.8) is 0 Å². The molecule has 1 heterocycles. The number of hydrogen-bond donors (Lipinski definition) is 1. The van der Waals surface area contributed by atoms with E-state index in [0.29, 0.717) is 2.43 Å². The van der Waals surface area contributed by atoms with Gasteiger partial charge in [0.1, 0.15) is 0 Å². The second kappa shape index (κ2) is 6.40. The van der Waals surface area contributed by atoms with Crippen LogP contribution in [0.15, 0.2) is 18.3 Å². The van der Waals surface area contributed by atoms with Crippen LogP contribution in [-0.2, 0) is 3.07 Å². The Morgan fingerprint density at radius 3 is 2.85 bits per heavy atom. The first kappa shape index (κ1) is 16.4. The van der Waals surface area contributed by atoms with Gasteiger partial charge in [0.25, 0.3) is 0 Å². The number of aromatic nitrogens is 1. The number of halogens is 5. The molecule has 0 saturated heterocycles. The van der Waals surface area contributed by atoms with E-state index in [9.17, 15) is 23.1 Å². The number of rotatable bonds is 4. The fourth-order valence-electron chi connectivity index (χ4n) is 2.04. The maximum absolute atomic E-state index is 12.7. The molecule has 0 bridgehead atoms. The third-order valence-corrected chi connectivity index (χ3v) is 5.60. The Labute approximate surface area is 137 Å². The van der Waals surface area contributed by atoms with Crippen LogP contribution in [0, 0.1) is 5.92 Å². The van der Waals surface area contributed by atoms with Crippen LogP contribution in [0.3, 0.4) is 0 Å². The van der Waals surface area contributed by atoms with Crippen molar-refractivity contribution in [2.75, 3.05) is 2.43 Å². The van der Waals surface area contributed by atoms with Crippen LogP contribution in [0.4, 0.5) is 13.2 Å². The van der Waals surface area contributed by atoms with E-state index in [1.54, 1.807) is 0 Å². The van der Waals surface area contributed by atoms with E-state index in [1.807, 2.05) is 0 Å². The molecular weight excluding hydrogens is 505 g/mol. The van der Waals surface area contributed by atoms with E-state index in [0.717, 1.165) is 0 Å². The van der Waals surface area contributed by atoms with Gasteiger partial charge < -0.3 is 0 Å². The summed E-state index contributed by atoms with van der Waals surface area (Å²) in [6.45, 7) is 0. The fraction of sp³-hybridized carbons (Fsp3) is 0.455. The second-order valence-corrected chi connectivity index (χ2v) is 9.61. The number of alkyl halides is 5. The van der Waals surface area contributed by atoms with Crippen LogP contribution in [0.25, 0.3) is 0 Å². The number of ketones is 1. The Balaban J connectivity index is 2.38. The summed E-state index contributed by atoms with van der Waals surface area (Å²) in [6, 6.07) is 2.88. The molecule has 4 nitrogen and oxygen atoms in total. The molecule has 1 aromatic heterocycles. The Bertz CT molecular complexity index is 512. The van der Waals surface area contributed by atoms with Crippen molar-refractivity contribution in [3.05, 3.63) is 29.6 Å². The van der Waals surface area contributed by atoms with E-state index >= 15 is 0 Å². The van der Waals surface area contributed by atoms with Gasteiger partial charge in [0, 0.05) is 0 Å². The van der Waals surface area contributed by atoms with Gasteiger partial charge in [0.15, 0.2) is 0 Å². The molecule has 20 heavy (non-hydrogen) atoms. The molecule has 2 rings (SSSR count). The molecule has 0 fully saturated rings. The minimum absolute atomic E-state index is 0.100. The summed E-state index contributed by atoms with van der Waals surface area (Å²) >= 11 is 1.25. The van der Waals surface area contributed by atoms with Gasteiger partial charge in [-0.1, -0.05) is 0 Å². The van der Waals surface area contributed by atoms with Gasteiger partial charge in [0.2, 0.25) is 0 Å². The van der Waals surface area contributed by atoms with Gasteiger partial charge in [0.05, 0.1) is 0 Å². The van der Waals surface area contributed by atoms with Gasteiger partial charge in [-0.15, -0.1) is 0 Å². The van der Waals surface area contributed by atoms with Gasteiger partial charge in [-0.3, -0.25) is 0 Å². The predicted molar refractivity (Wildman–Crippen MR) is 66.8 cm³/mol. The zero-order chi connectivity index (χ0) is 14.9. The Hall–Kier alpha value is -0.0100. The molecule has 1 aliphatic carbocycles. The van der Waals surface area contributed by atoms with E-state index in [2.05, 4.69) is 27.6 Å². The monoisotopic (exact) mass is 514 g/mol. The van der Waals surface area contributed by atoms with Crippen LogP contribution in [0.2, 0.25) is 0 Å². The molecule has 1 aliphatic rings. The van der Waals surface area contributed by atoms with Crippen molar-refractivity contribution in [2.45, 2.75) is 18.4 Å². The molecular formula is C11H9F3I2NO3-. The number of nitrogens with zero attached hydrogens (tertiary/aromatic N) is 1. The van der Waals surface area contributed by atoms with E-state index < -0.39 is 51.7 Å². The summed E-state index contributed by atoms with van der Waals surface area (Å²) in [5, 5.41) is 9.45. The maximum atomic E-state index is 12.7. The van der Waals surface area contributed by atoms with Crippen LogP contribution >= 0.6 is 22.6 Å². The standard InChI is InChI=1S/C11H9F3I2NO3/c12-11(13,14)10(19)6-8(18)5-2-1-3-17-7(5)9(6)20-16-4-15/h1-3,6,9-10,19H,4H2/q-1. The third kappa shape index (κ3) is 3.09. The predicted octanol–water partition coefficient (Wildman–Crippen LogP) is -0.728. The fourth-order valence-corrected chi connectivity index (χ4v) is 4.03. The van der Waals surface area contributed by atoms with Crippen molar-refractivity contribution >= 4 is 28.4 Å². The number of pyridine rings is 1. The van der Waals surface area contributed by atoms with Gasteiger partial charge >= 0.3 is 137 Å². The second-order valence-electron chi connectivity index (χ2n) is 4.03. The molecule has 1 N–H and O–H groups in total. The molecule has 112 valence electrons. The van der Waals surface area contributed by atoms with Crippen LogP contribution < -0.4 is 21.6 Å². The number of Topliss-reactive ketones (excluding diaryl/α,β-unsaturated/α-hetero) is 1. The average Bonchev–Trinajstić information content (AvgIpc) is 2.68. The molecule has 0 radical (unpaired) electrons. The zero-order valence-corrected chi connectivity index (χ0v) is 14.1. The normalized spacial score (nSPS) is 23.9. The van der Waals surface area contributed by atoms with E-state index in [-0.39, 0.29) is 11.3 Å². The average molecular weight is 514 g/mol. The molecule has 3 unspecified atom stereocenters. The first-order valence-corrected chi connectivity index (χ1v) is 9.36. The summed E-state index contributed by atoms with van der Waals surface area (Å²) in [5.74, 6) is -2.43. The molecule has 0 saturated carbocycles. The van der Waals surface area contributed by atoms with E-state index in [1.165, 1.54) is 18.3 Å². The number of aliphatic hydroxyl groups excluding tert-OH is 1. The SMILES string of the molecule is O=C1c2cccnc2C(O[I-]CI)C1C(O)C(F)(F)F. The number of carbonyl (C=O) groups is 1. The first-order valence-electron chi connectivity index (χ1n) is 5.42. The summed E-state index contributed by atoms with van der Waals surface area (Å²) in [5.41, 5.74) is 0.290. The quantitative estimate of drug-likeness (QED) is 0.426. The molecule has 0 aliphatic heterocycles.